The number of hydrogen-bond acceptors (Lipinski definition) is 2. The maximum atomic E-state index is 9.32. The van der Waals surface area contributed by atoms with Crippen molar-refractivity contribution in [1.82, 2.24) is 0 Å². The Morgan fingerprint density at radius 2 is 2.00 bits per heavy atom. The van der Waals surface area contributed by atoms with Gasteiger partial charge in [0.05, 0.1) is 12.0 Å². The quantitative estimate of drug-likeness (QED) is 0.686. The molecule has 0 aliphatic heterocycles. The molecule has 0 bridgehead atoms. The van der Waals surface area contributed by atoms with Crippen molar-refractivity contribution >= 4 is 19.9 Å². The van der Waals surface area contributed by atoms with Crippen molar-refractivity contribution in [3.05, 3.63) is 34.9 Å². The predicted molar refractivity (Wildman–Crippen MR) is 87.6 cm³/mol. The summed E-state index contributed by atoms with van der Waals surface area (Å²) in [6, 6.07) is 9.87. The molecule has 0 heterocycles. The monoisotopic (exact) mass is 309 g/mol. The Labute approximate surface area is 128 Å². The van der Waals surface area contributed by atoms with E-state index in [4.69, 9.17) is 16.0 Å². The number of benzene rings is 1. The van der Waals surface area contributed by atoms with Crippen molar-refractivity contribution in [2.24, 2.45) is 0 Å². The predicted octanol–water partition coefficient (Wildman–Crippen LogP) is 5.36. The molecule has 0 N–H and O–H groups in total. The summed E-state index contributed by atoms with van der Waals surface area (Å²) in [6.45, 7) is 11.7. The summed E-state index contributed by atoms with van der Waals surface area (Å²) in [6.07, 6.45) is 0.712. The summed E-state index contributed by atoms with van der Waals surface area (Å²) < 4.78 is 6.13. The van der Waals surface area contributed by atoms with Gasteiger partial charge in [0.1, 0.15) is 0 Å². The molecule has 0 fully saturated rings. The van der Waals surface area contributed by atoms with Gasteiger partial charge in [0, 0.05) is 11.6 Å². The lowest BCUT2D eigenvalue weighted by atomic mass is 9.98. The molecule has 2 nitrogen and oxygen atoms in total. The standard InChI is InChI=1S/C16H24ClNOSi/c1-16(2,3)20(4,5)19-10-9-14(12-18)13-7-6-8-15(17)11-13/h6-8,11,14H,9-10H2,1-5H3. The highest BCUT2D eigenvalue weighted by atomic mass is 35.5. The normalized spacial score (nSPS) is 13.8. The summed E-state index contributed by atoms with van der Waals surface area (Å²) in [5, 5.41) is 10.2. The number of hydrogen-bond donors (Lipinski definition) is 0. The van der Waals surface area contributed by atoms with Crippen molar-refractivity contribution in [1.29, 1.82) is 5.26 Å². The van der Waals surface area contributed by atoms with E-state index in [1.165, 1.54) is 0 Å². The summed E-state index contributed by atoms with van der Waals surface area (Å²) in [7, 11) is -1.73. The molecule has 20 heavy (non-hydrogen) atoms. The largest absolute Gasteiger partial charge is 0.417 e. The van der Waals surface area contributed by atoms with Crippen LogP contribution in [-0.2, 0) is 4.43 Å². The SMILES string of the molecule is CC(C)(C)[Si](C)(C)OCCC(C#N)c1cccc(Cl)c1. The lowest BCUT2D eigenvalue weighted by Crippen LogP contribution is -2.41. The first-order chi connectivity index (χ1) is 9.17. The van der Waals surface area contributed by atoms with Gasteiger partial charge in [-0.15, -0.1) is 0 Å². The Bertz CT molecular complexity index is 488. The number of halogens is 1. The average Bonchev–Trinajstić information content (AvgIpc) is 2.33. The van der Waals surface area contributed by atoms with Gasteiger partial charge in [-0.2, -0.15) is 5.26 Å². The van der Waals surface area contributed by atoms with E-state index in [2.05, 4.69) is 39.9 Å². The maximum absolute atomic E-state index is 9.32. The summed E-state index contributed by atoms with van der Waals surface area (Å²) in [4.78, 5) is 0. The number of nitriles is 1. The van der Waals surface area contributed by atoms with Gasteiger partial charge in [0.2, 0.25) is 0 Å². The van der Waals surface area contributed by atoms with Crippen LogP contribution in [0.3, 0.4) is 0 Å². The fourth-order valence-electron chi connectivity index (χ4n) is 1.68. The molecule has 0 saturated carbocycles. The molecule has 0 spiro atoms. The molecule has 1 aromatic rings. The Morgan fingerprint density at radius 3 is 2.50 bits per heavy atom. The van der Waals surface area contributed by atoms with Crippen LogP contribution in [0.1, 0.15) is 38.7 Å². The van der Waals surface area contributed by atoms with Crippen LogP contribution >= 0.6 is 11.6 Å². The van der Waals surface area contributed by atoms with E-state index in [1.54, 1.807) is 0 Å². The molecule has 0 aliphatic carbocycles. The fraction of sp³-hybridized carbons (Fsp3) is 0.562. The second kappa shape index (κ2) is 6.75. The van der Waals surface area contributed by atoms with E-state index < -0.39 is 8.32 Å². The zero-order valence-electron chi connectivity index (χ0n) is 13.0. The molecular weight excluding hydrogens is 286 g/mol. The van der Waals surface area contributed by atoms with Crippen molar-refractivity contribution < 1.29 is 4.43 Å². The molecule has 1 unspecified atom stereocenters. The minimum atomic E-state index is -1.73. The minimum Gasteiger partial charge on any atom is -0.417 e. The Hall–Kier alpha value is -0.823. The van der Waals surface area contributed by atoms with Gasteiger partial charge in [0.25, 0.3) is 0 Å². The molecule has 0 amide bonds. The van der Waals surface area contributed by atoms with Crippen molar-refractivity contribution in [3.8, 4) is 6.07 Å². The lowest BCUT2D eigenvalue weighted by molar-refractivity contribution is 0.278. The summed E-state index contributed by atoms with van der Waals surface area (Å²) in [5.74, 6) is -0.154. The van der Waals surface area contributed by atoms with Gasteiger partial charge in [-0.05, 0) is 42.2 Å². The fourth-order valence-corrected chi connectivity index (χ4v) is 2.94. The Morgan fingerprint density at radius 1 is 1.35 bits per heavy atom. The molecule has 1 atom stereocenters. The smallest absolute Gasteiger partial charge is 0.191 e. The Kier molecular flexibility index (Phi) is 5.82. The molecule has 1 rings (SSSR count). The van der Waals surface area contributed by atoms with Crippen LogP contribution in [0.2, 0.25) is 23.2 Å². The van der Waals surface area contributed by atoms with Crippen LogP contribution < -0.4 is 0 Å². The van der Waals surface area contributed by atoms with Crippen LogP contribution in [0.25, 0.3) is 0 Å². The van der Waals surface area contributed by atoms with Crippen LogP contribution in [0.15, 0.2) is 24.3 Å². The van der Waals surface area contributed by atoms with Gasteiger partial charge in [0.15, 0.2) is 8.32 Å². The van der Waals surface area contributed by atoms with E-state index in [9.17, 15) is 5.26 Å². The van der Waals surface area contributed by atoms with E-state index in [1.807, 2.05) is 24.3 Å². The molecule has 0 radical (unpaired) electrons. The summed E-state index contributed by atoms with van der Waals surface area (Å²) in [5.41, 5.74) is 0.971. The average molecular weight is 310 g/mol. The van der Waals surface area contributed by atoms with Gasteiger partial charge < -0.3 is 4.43 Å². The van der Waals surface area contributed by atoms with E-state index in [0.717, 1.165) is 5.56 Å². The molecule has 0 aromatic heterocycles. The van der Waals surface area contributed by atoms with Gasteiger partial charge in [-0.25, -0.2) is 0 Å². The summed E-state index contributed by atoms with van der Waals surface area (Å²) >= 11 is 5.98. The highest BCUT2D eigenvalue weighted by molar-refractivity contribution is 6.74. The molecule has 4 heteroatoms. The zero-order chi connectivity index (χ0) is 15.4. The van der Waals surface area contributed by atoms with Crippen LogP contribution in [-0.4, -0.2) is 14.9 Å². The number of nitrogens with zero attached hydrogens (tertiary/aromatic N) is 1. The van der Waals surface area contributed by atoms with E-state index in [0.29, 0.717) is 18.1 Å². The van der Waals surface area contributed by atoms with Crippen LogP contribution in [0.5, 0.6) is 0 Å². The van der Waals surface area contributed by atoms with Gasteiger partial charge in [-0.3, -0.25) is 0 Å². The van der Waals surface area contributed by atoms with Crippen molar-refractivity contribution in [3.63, 3.8) is 0 Å². The molecule has 1 aromatic carbocycles. The van der Waals surface area contributed by atoms with Gasteiger partial charge in [-0.1, -0.05) is 44.5 Å². The van der Waals surface area contributed by atoms with Crippen LogP contribution in [0.4, 0.5) is 0 Å². The highest BCUT2D eigenvalue weighted by Crippen LogP contribution is 2.37. The first kappa shape index (κ1) is 17.2. The zero-order valence-corrected chi connectivity index (χ0v) is 14.8. The second-order valence-electron chi connectivity index (χ2n) is 6.63. The first-order valence-corrected chi connectivity index (χ1v) is 10.2. The third kappa shape index (κ3) is 4.62. The first-order valence-electron chi connectivity index (χ1n) is 6.96. The van der Waals surface area contributed by atoms with Gasteiger partial charge >= 0.3 is 0 Å². The van der Waals surface area contributed by atoms with Crippen molar-refractivity contribution in [2.45, 2.75) is 51.2 Å². The second-order valence-corrected chi connectivity index (χ2v) is 11.9. The molecular formula is C16H24ClNOSi. The third-order valence-corrected chi connectivity index (χ3v) is 8.86. The number of rotatable bonds is 5. The lowest BCUT2D eigenvalue weighted by Gasteiger charge is -2.36. The molecule has 0 saturated heterocycles. The van der Waals surface area contributed by atoms with Crippen molar-refractivity contribution in [2.75, 3.05) is 6.61 Å². The van der Waals surface area contributed by atoms with E-state index >= 15 is 0 Å². The van der Waals surface area contributed by atoms with E-state index in [-0.39, 0.29) is 11.0 Å². The third-order valence-electron chi connectivity index (χ3n) is 4.08. The maximum Gasteiger partial charge on any atom is 0.191 e. The Balaban J connectivity index is 2.62. The topological polar surface area (TPSA) is 33.0 Å². The molecule has 110 valence electrons. The minimum absolute atomic E-state index is 0.154. The molecule has 0 aliphatic rings. The van der Waals surface area contributed by atoms with Crippen LogP contribution in [0, 0.1) is 11.3 Å². The highest BCUT2D eigenvalue weighted by Gasteiger charge is 2.37.